The summed E-state index contributed by atoms with van der Waals surface area (Å²) in [5.41, 5.74) is 3.89. The summed E-state index contributed by atoms with van der Waals surface area (Å²) in [4.78, 5) is 16.3. The van der Waals surface area contributed by atoms with E-state index in [-0.39, 0.29) is 5.91 Å². The quantitative estimate of drug-likeness (QED) is 0.568. The normalized spacial score (nSPS) is 16.2. The molecule has 4 rings (SSSR count). The summed E-state index contributed by atoms with van der Waals surface area (Å²) in [5.74, 6) is 2.01. The van der Waals surface area contributed by atoms with Gasteiger partial charge in [0, 0.05) is 23.2 Å². The molecular weight excluding hydrogens is 356 g/mol. The topological polar surface area (TPSA) is 46.3 Å². The van der Waals surface area contributed by atoms with Crippen molar-refractivity contribution in [3.63, 3.8) is 0 Å². The molecule has 27 heavy (non-hydrogen) atoms. The van der Waals surface area contributed by atoms with Crippen molar-refractivity contribution in [2.75, 3.05) is 11.4 Å². The molecule has 1 unspecified atom stereocenters. The van der Waals surface area contributed by atoms with Crippen LogP contribution in [0.15, 0.2) is 64.0 Å². The molecule has 2 heterocycles. The summed E-state index contributed by atoms with van der Waals surface area (Å²) >= 11 is 1.61. The Morgan fingerprint density at radius 2 is 2.00 bits per heavy atom. The monoisotopic (exact) mass is 378 g/mol. The van der Waals surface area contributed by atoms with E-state index < -0.39 is 0 Å². The Labute approximate surface area is 163 Å². The zero-order valence-corrected chi connectivity index (χ0v) is 16.3. The number of hydrogen-bond acceptors (Lipinski definition) is 4. The van der Waals surface area contributed by atoms with Crippen LogP contribution in [0, 0.1) is 6.92 Å². The lowest BCUT2D eigenvalue weighted by molar-refractivity contribution is 0.0981. The Balaban J connectivity index is 1.60. The second-order valence-corrected chi connectivity index (χ2v) is 7.94. The van der Waals surface area contributed by atoms with Crippen molar-refractivity contribution >= 4 is 23.4 Å². The molecule has 1 aliphatic heterocycles. The molecule has 0 bridgehead atoms. The molecule has 0 spiro atoms. The van der Waals surface area contributed by atoms with Crippen LogP contribution in [0.4, 0.5) is 5.69 Å². The highest BCUT2D eigenvalue weighted by molar-refractivity contribution is 7.98. The first-order valence-corrected chi connectivity index (χ1v) is 10.2. The molecular formula is C22H22N2O2S. The van der Waals surface area contributed by atoms with Gasteiger partial charge >= 0.3 is 0 Å². The number of thioether (sulfide) groups is 1. The van der Waals surface area contributed by atoms with E-state index in [9.17, 15) is 4.79 Å². The van der Waals surface area contributed by atoms with Crippen molar-refractivity contribution in [2.24, 2.45) is 0 Å². The van der Waals surface area contributed by atoms with Gasteiger partial charge in [-0.2, -0.15) is 0 Å². The van der Waals surface area contributed by atoms with Crippen LogP contribution in [-0.2, 0) is 5.75 Å². The van der Waals surface area contributed by atoms with Crippen molar-refractivity contribution in [1.82, 2.24) is 5.16 Å². The molecule has 138 valence electrons. The van der Waals surface area contributed by atoms with Crippen LogP contribution in [0.25, 0.3) is 0 Å². The third-order valence-corrected chi connectivity index (χ3v) is 6.05. The molecule has 0 saturated carbocycles. The molecule has 1 amide bonds. The maximum atomic E-state index is 13.4. The van der Waals surface area contributed by atoms with Gasteiger partial charge in [0.1, 0.15) is 5.76 Å². The number of fused-ring (bicyclic) bond motifs is 1. The predicted octanol–water partition coefficient (Wildman–Crippen LogP) is 5.43. The molecule has 0 aliphatic carbocycles. The van der Waals surface area contributed by atoms with E-state index in [0.717, 1.165) is 40.6 Å². The van der Waals surface area contributed by atoms with Crippen LogP contribution in [0.1, 0.15) is 46.6 Å². The fourth-order valence-corrected chi connectivity index (χ4v) is 4.43. The van der Waals surface area contributed by atoms with Crippen LogP contribution in [-0.4, -0.2) is 17.6 Å². The maximum Gasteiger partial charge on any atom is 0.259 e. The van der Waals surface area contributed by atoms with Gasteiger partial charge in [0.05, 0.1) is 17.0 Å². The number of rotatable bonds is 4. The Bertz CT molecular complexity index is 966. The summed E-state index contributed by atoms with van der Waals surface area (Å²) in [6.07, 6.45) is 0.982. The lowest BCUT2D eigenvalue weighted by atomic mass is 9.91. The first-order chi connectivity index (χ1) is 13.1. The van der Waals surface area contributed by atoms with E-state index in [0.29, 0.717) is 11.7 Å². The first-order valence-electron chi connectivity index (χ1n) is 9.18. The summed E-state index contributed by atoms with van der Waals surface area (Å²) in [6, 6.07) is 18.0. The number of nitrogens with zero attached hydrogens (tertiary/aromatic N) is 2. The van der Waals surface area contributed by atoms with Gasteiger partial charge in [-0.25, -0.2) is 0 Å². The number of anilines is 1. The smallest absolute Gasteiger partial charge is 0.259 e. The lowest BCUT2D eigenvalue weighted by Gasteiger charge is -2.33. The molecule has 4 nitrogen and oxygen atoms in total. The van der Waals surface area contributed by atoms with Crippen molar-refractivity contribution in [1.29, 1.82) is 0 Å². The first kappa shape index (κ1) is 17.9. The Morgan fingerprint density at radius 1 is 1.22 bits per heavy atom. The molecule has 5 heteroatoms. The van der Waals surface area contributed by atoms with E-state index in [1.807, 2.05) is 54.3 Å². The maximum absolute atomic E-state index is 13.4. The summed E-state index contributed by atoms with van der Waals surface area (Å²) in [6.45, 7) is 4.88. The van der Waals surface area contributed by atoms with Gasteiger partial charge in [0.15, 0.2) is 0 Å². The number of aryl methyl sites for hydroxylation is 1. The number of para-hydroxylation sites is 1. The summed E-state index contributed by atoms with van der Waals surface area (Å²) < 4.78 is 5.29. The minimum atomic E-state index is 0.0613. The number of amides is 1. The highest BCUT2D eigenvalue weighted by Gasteiger charge is 2.28. The van der Waals surface area contributed by atoms with Gasteiger partial charge in [-0.05, 0) is 43.0 Å². The fraction of sp³-hybridized carbons (Fsp3) is 0.273. The molecule has 1 aliphatic rings. The number of carbonyl (C=O) groups is 1. The van der Waals surface area contributed by atoms with Crippen molar-refractivity contribution in [3.8, 4) is 0 Å². The highest BCUT2D eigenvalue weighted by Crippen LogP contribution is 2.36. The largest absolute Gasteiger partial charge is 0.360 e. The Hall–Kier alpha value is -2.53. The molecule has 0 saturated heterocycles. The Morgan fingerprint density at radius 3 is 2.81 bits per heavy atom. The minimum Gasteiger partial charge on any atom is -0.360 e. The van der Waals surface area contributed by atoms with Crippen LogP contribution in [0.2, 0.25) is 0 Å². The molecule has 2 aromatic carbocycles. The number of hydrogen-bond donors (Lipinski definition) is 0. The van der Waals surface area contributed by atoms with Gasteiger partial charge in [-0.1, -0.05) is 42.4 Å². The van der Waals surface area contributed by atoms with E-state index in [2.05, 4.69) is 24.2 Å². The highest BCUT2D eigenvalue weighted by atomic mass is 32.2. The molecule has 0 radical (unpaired) electrons. The van der Waals surface area contributed by atoms with Gasteiger partial charge in [-0.15, -0.1) is 11.8 Å². The van der Waals surface area contributed by atoms with Gasteiger partial charge in [0.2, 0.25) is 0 Å². The van der Waals surface area contributed by atoms with E-state index >= 15 is 0 Å². The van der Waals surface area contributed by atoms with E-state index in [4.69, 9.17) is 4.52 Å². The summed E-state index contributed by atoms with van der Waals surface area (Å²) in [7, 11) is 0. The fourth-order valence-electron chi connectivity index (χ4n) is 3.51. The zero-order valence-electron chi connectivity index (χ0n) is 15.5. The van der Waals surface area contributed by atoms with Gasteiger partial charge in [0.25, 0.3) is 5.91 Å². The number of aromatic nitrogens is 1. The van der Waals surface area contributed by atoms with Crippen LogP contribution >= 0.6 is 11.8 Å². The number of benzene rings is 2. The van der Waals surface area contributed by atoms with Crippen LogP contribution in [0.5, 0.6) is 0 Å². The van der Waals surface area contributed by atoms with Crippen molar-refractivity contribution in [3.05, 3.63) is 77.2 Å². The molecule has 0 fully saturated rings. The lowest BCUT2D eigenvalue weighted by Crippen LogP contribution is -2.36. The average Bonchev–Trinajstić information content (AvgIpc) is 3.12. The Kier molecular flexibility index (Phi) is 5.03. The second-order valence-electron chi connectivity index (χ2n) is 6.92. The predicted molar refractivity (Wildman–Crippen MR) is 108 cm³/mol. The zero-order chi connectivity index (χ0) is 18.8. The SMILES string of the molecule is Cc1cc(CSc2ccccc2C(=O)N2CCC(C)c3ccccc32)on1. The van der Waals surface area contributed by atoms with E-state index in [1.54, 1.807) is 11.8 Å². The molecule has 1 atom stereocenters. The molecule has 0 N–H and O–H groups in total. The third kappa shape index (κ3) is 3.65. The van der Waals surface area contributed by atoms with Crippen LogP contribution < -0.4 is 4.90 Å². The average molecular weight is 378 g/mol. The standard InChI is InChI=1S/C22H22N2O2S/c1-15-11-12-24(20-9-5-3-7-18(15)20)22(25)19-8-4-6-10-21(19)27-14-17-13-16(2)23-26-17/h3-10,13,15H,11-12,14H2,1-2H3. The van der Waals surface area contributed by atoms with Crippen LogP contribution in [0.3, 0.4) is 0 Å². The van der Waals surface area contributed by atoms with Gasteiger partial charge in [-0.3, -0.25) is 4.79 Å². The summed E-state index contributed by atoms with van der Waals surface area (Å²) in [5, 5.41) is 3.93. The minimum absolute atomic E-state index is 0.0613. The molecule has 1 aromatic heterocycles. The van der Waals surface area contributed by atoms with E-state index in [1.165, 1.54) is 5.56 Å². The third-order valence-electron chi connectivity index (χ3n) is 4.95. The van der Waals surface area contributed by atoms with Crippen molar-refractivity contribution < 1.29 is 9.32 Å². The van der Waals surface area contributed by atoms with Gasteiger partial charge < -0.3 is 9.42 Å². The van der Waals surface area contributed by atoms with Crippen molar-refractivity contribution in [2.45, 2.75) is 36.8 Å². The second kappa shape index (κ2) is 7.61. The molecule has 3 aromatic rings. The number of carbonyl (C=O) groups excluding carboxylic acids is 1.